The molecule has 1 aliphatic heterocycles. The smallest absolute Gasteiger partial charge is 0.135 e. The van der Waals surface area contributed by atoms with Crippen LogP contribution >= 0.6 is 11.3 Å². The number of aliphatic hydroxyl groups excluding tert-OH is 1. The molecule has 6 heteroatoms. The molecule has 0 bridgehead atoms. The molecule has 2 aromatic rings. The Morgan fingerprint density at radius 2 is 1.92 bits per heavy atom. The van der Waals surface area contributed by atoms with Gasteiger partial charge in [-0.3, -0.25) is 5.41 Å². The van der Waals surface area contributed by atoms with Gasteiger partial charge in [-0.05, 0) is 37.1 Å². The number of benzene rings is 1. The number of hydrogen-bond acceptors (Lipinski definition) is 4. The highest BCUT2D eigenvalue weighted by atomic mass is 32.1. The number of aromatic nitrogens is 1. The molecule has 0 atom stereocenters. The molecule has 0 unspecified atom stereocenters. The van der Waals surface area contributed by atoms with E-state index in [1.807, 2.05) is 10.3 Å². The third-order valence-corrected chi connectivity index (χ3v) is 5.62. The number of amidine groups is 1. The summed E-state index contributed by atoms with van der Waals surface area (Å²) in [4.78, 5) is 6.56. The third-order valence-electron chi connectivity index (χ3n) is 4.76. The number of nitrogens with zero attached hydrogens (tertiary/aromatic N) is 2. The van der Waals surface area contributed by atoms with E-state index in [0.717, 1.165) is 24.1 Å². The van der Waals surface area contributed by atoms with Gasteiger partial charge in [-0.1, -0.05) is 12.8 Å². The largest absolute Gasteiger partial charge is 0.510 e. The molecule has 4 nitrogen and oxygen atoms in total. The third kappa shape index (κ3) is 2.60. The lowest BCUT2D eigenvalue weighted by Crippen LogP contribution is -2.35. The van der Waals surface area contributed by atoms with Crippen LogP contribution in [-0.4, -0.2) is 33.4 Å². The molecule has 2 heterocycles. The van der Waals surface area contributed by atoms with Crippen LogP contribution < -0.4 is 0 Å². The monoisotopic (exact) mass is 343 g/mol. The Morgan fingerprint density at radius 3 is 2.62 bits per heavy atom. The number of nitrogens with one attached hydrogen (secondary N) is 1. The van der Waals surface area contributed by atoms with Crippen LogP contribution in [-0.2, 0) is 0 Å². The molecular formula is C18H18FN3OS. The molecule has 0 saturated heterocycles. The fraction of sp³-hybridized carbons (Fsp3) is 0.333. The normalized spacial score (nSPS) is 18.9. The maximum Gasteiger partial charge on any atom is 0.135 e. The van der Waals surface area contributed by atoms with Crippen molar-refractivity contribution < 1.29 is 9.50 Å². The summed E-state index contributed by atoms with van der Waals surface area (Å²) in [6.45, 7) is 0.407. The Kier molecular flexibility index (Phi) is 3.84. The highest BCUT2D eigenvalue weighted by molar-refractivity contribution is 7.11. The van der Waals surface area contributed by atoms with Gasteiger partial charge in [0.2, 0.25) is 0 Å². The first kappa shape index (κ1) is 15.3. The molecule has 124 valence electrons. The van der Waals surface area contributed by atoms with Crippen molar-refractivity contribution in [2.45, 2.75) is 31.7 Å². The van der Waals surface area contributed by atoms with Crippen LogP contribution in [0.15, 0.2) is 35.4 Å². The molecule has 1 aromatic carbocycles. The molecule has 1 saturated carbocycles. The number of halogens is 1. The van der Waals surface area contributed by atoms with Crippen LogP contribution in [0.1, 0.15) is 30.7 Å². The summed E-state index contributed by atoms with van der Waals surface area (Å²) < 4.78 is 13.1. The van der Waals surface area contributed by atoms with Gasteiger partial charge in [0.15, 0.2) is 0 Å². The van der Waals surface area contributed by atoms with E-state index in [-0.39, 0.29) is 11.6 Å². The second-order valence-corrected chi connectivity index (χ2v) is 7.14. The van der Waals surface area contributed by atoms with Gasteiger partial charge in [0.05, 0.1) is 17.8 Å². The Labute approximate surface area is 143 Å². The van der Waals surface area contributed by atoms with E-state index in [2.05, 4.69) is 4.98 Å². The maximum absolute atomic E-state index is 13.1. The summed E-state index contributed by atoms with van der Waals surface area (Å²) in [6.07, 6.45) is 4.55. The van der Waals surface area contributed by atoms with Crippen LogP contribution in [0.5, 0.6) is 0 Å². The van der Waals surface area contributed by atoms with Crippen molar-refractivity contribution in [3.63, 3.8) is 0 Å². The van der Waals surface area contributed by atoms with Crippen molar-refractivity contribution in [2.75, 3.05) is 6.54 Å². The summed E-state index contributed by atoms with van der Waals surface area (Å²) in [5.41, 5.74) is 2.11. The molecule has 2 N–H and O–H groups in total. The van der Waals surface area contributed by atoms with E-state index >= 15 is 0 Å². The quantitative estimate of drug-likeness (QED) is 0.865. The van der Waals surface area contributed by atoms with E-state index in [1.54, 1.807) is 12.1 Å². The van der Waals surface area contributed by atoms with E-state index in [0.29, 0.717) is 29.0 Å². The number of rotatable bonds is 3. The maximum atomic E-state index is 13.1. The summed E-state index contributed by atoms with van der Waals surface area (Å²) >= 11 is 1.41. The SMILES string of the molecule is N=C1C(c2nc(-c3ccc(F)cc3)cs2)=C(O)CN1C1CCCC1. The van der Waals surface area contributed by atoms with Crippen molar-refractivity contribution >= 4 is 22.7 Å². The predicted octanol–water partition coefficient (Wildman–Crippen LogP) is 4.45. The van der Waals surface area contributed by atoms with Crippen LogP contribution in [0, 0.1) is 11.2 Å². The van der Waals surface area contributed by atoms with E-state index in [1.165, 1.54) is 36.3 Å². The Bertz CT molecular complexity index is 806. The molecule has 1 aliphatic carbocycles. The summed E-state index contributed by atoms with van der Waals surface area (Å²) in [5.74, 6) is 0.325. The van der Waals surface area contributed by atoms with E-state index in [4.69, 9.17) is 5.41 Å². The zero-order valence-electron chi connectivity index (χ0n) is 13.1. The summed E-state index contributed by atoms with van der Waals surface area (Å²) in [5, 5.41) is 21.4. The molecule has 0 amide bonds. The number of aliphatic hydroxyl groups is 1. The minimum atomic E-state index is -0.278. The number of hydrogen-bond donors (Lipinski definition) is 2. The van der Waals surface area contributed by atoms with Crippen molar-refractivity contribution in [3.05, 3.63) is 46.2 Å². The Hall–Kier alpha value is -2.21. The first-order valence-electron chi connectivity index (χ1n) is 8.13. The molecular weight excluding hydrogens is 325 g/mol. The lowest BCUT2D eigenvalue weighted by atomic mass is 10.2. The lowest BCUT2D eigenvalue weighted by Gasteiger charge is -2.25. The van der Waals surface area contributed by atoms with Crippen molar-refractivity contribution in [1.82, 2.24) is 9.88 Å². The minimum absolute atomic E-state index is 0.229. The van der Waals surface area contributed by atoms with Crippen molar-refractivity contribution in [2.24, 2.45) is 0 Å². The Morgan fingerprint density at radius 1 is 1.21 bits per heavy atom. The van der Waals surface area contributed by atoms with Gasteiger partial charge in [-0.2, -0.15) is 0 Å². The fourth-order valence-corrected chi connectivity index (χ4v) is 4.39. The molecule has 4 rings (SSSR count). The molecule has 0 spiro atoms. The fourth-order valence-electron chi connectivity index (χ4n) is 3.49. The van der Waals surface area contributed by atoms with Crippen LogP contribution in [0.4, 0.5) is 4.39 Å². The summed E-state index contributed by atoms with van der Waals surface area (Å²) in [6, 6.07) is 6.55. The second-order valence-electron chi connectivity index (χ2n) is 6.28. The van der Waals surface area contributed by atoms with E-state index in [9.17, 15) is 9.50 Å². The predicted molar refractivity (Wildman–Crippen MR) is 93.7 cm³/mol. The van der Waals surface area contributed by atoms with Crippen LogP contribution in [0.25, 0.3) is 16.8 Å². The first-order chi connectivity index (χ1) is 11.6. The van der Waals surface area contributed by atoms with E-state index < -0.39 is 0 Å². The lowest BCUT2D eigenvalue weighted by molar-refractivity contribution is 0.296. The zero-order valence-corrected chi connectivity index (χ0v) is 13.9. The second kappa shape index (κ2) is 6.02. The van der Waals surface area contributed by atoms with Crippen LogP contribution in [0.2, 0.25) is 0 Å². The van der Waals surface area contributed by atoms with Gasteiger partial charge in [0.25, 0.3) is 0 Å². The molecule has 1 fully saturated rings. The minimum Gasteiger partial charge on any atom is -0.510 e. The topological polar surface area (TPSA) is 60.2 Å². The first-order valence-corrected chi connectivity index (χ1v) is 9.01. The van der Waals surface area contributed by atoms with Gasteiger partial charge >= 0.3 is 0 Å². The summed E-state index contributed by atoms with van der Waals surface area (Å²) in [7, 11) is 0. The highest BCUT2D eigenvalue weighted by Crippen LogP contribution is 2.35. The van der Waals surface area contributed by atoms with Gasteiger partial charge in [-0.15, -0.1) is 11.3 Å². The highest BCUT2D eigenvalue weighted by Gasteiger charge is 2.35. The average Bonchev–Trinajstić information content (AvgIpc) is 3.29. The molecule has 2 aliphatic rings. The van der Waals surface area contributed by atoms with Crippen molar-refractivity contribution in [1.29, 1.82) is 5.41 Å². The molecule has 0 radical (unpaired) electrons. The molecule has 1 aromatic heterocycles. The van der Waals surface area contributed by atoms with Crippen LogP contribution in [0.3, 0.4) is 0 Å². The Balaban J connectivity index is 1.60. The number of thiazole rings is 1. The van der Waals surface area contributed by atoms with Gasteiger partial charge in [0.1, 0.15) is 22.4 Å². The van der Waals surface area contributed by atoms with Crippen molar-refractivity contribution in [3.8, 4) is 11.3 Å². The molecule has 24 heavy (non-hydrogen) atoms. The average molecular weight is 343 g/mol. The standard InChI is InChI=1S/C18H18FN3OS/c19-12-7-5-11(6-8-12)14-10-24-18(21-14)16-15(23)9-22(17(16)20)13-3-1-2-4-13/h5-8,10,13,20,23H,1-4,9H2. The van der Waals surface area contributed by atoms with Gasteiger partial charge in [0, 0.05) is 17.0 Å². The zero-order chi connectivity index (χ0) is 16.7. The van der Waals surface area contributed by atoms with Gasteiger partial charge < -0.3 is 10.0 Å². The van der Waals surface area contributed by atoms with Gasteiger partial charge in [-0.25, -0.2) is 9.37 Å².